The van der Waals surface area contributed by atoms with E-state index in [1.165, 1.54) is 10.7 Å². The Morgan fingerprint density at radius 2 is 2.09 bits per heavy atom. The van der Waals surface area contributed by atoms with Crippen LogP contribution < -0.4 is 5.32 Å². The lowest BCUT2D eigenvalue weighted by Gasteiger charge is -2.06. The first-order valence-electron chi connectivity index (χ1n) is 6.71. The third kappa shape index (κ3) is 3.54. The summed E-state index contributed by atoms with van der Waals surface area (Å²) in [4.78, 5) is 24.0. The fraction of sp³-hybridized carbons (Fsp3) is 0.267. The fourth-order valence-electron chi connectivity index (χ4n) is 1.88. The summed E-state index contributed by atoms with van der Waals surface area (Å²) in [5.74, 6) is -0.899. The Balaban J connectivity index is 2.20. The lowest BCUT2D eigenvalue weighted by Crippen LogP contribution is -2.13. The maximum atomic E-state index is 12.2. The second kappa shape index (κ2) is 6.74. The molecule has 1 amide bonds. The number of anilines is 1. The van der Waals surface area contributed by atoms with Crippen molar-refractivity contribution in [2.45, 2.75) is 13.8 Å². The van der Waals surface area contributed by atoms with Crippen molar-refractivity contribution >= 4 is 33.5 Å². The number of carbonyl (C=O) groups is 2. The van der Waals surface area contributed by atoms with Gasteiger partial charge in [-0.1, -0.05) is 6.07 Å². The molecule has 0 aliphatic rings. The first-order valence-corrected chi connectivity index (χ1v) is 7.50. The van der Waals surface area contributed by atoms with Gasteiger partial charge in [0.25, 0.3) is 5.91 Å². The van der Waals surface area contributed by atoms with E-state index in [0.29, 0.717) is 5.69 Å². The molecular formula is C15H16BrN3O3. The van der Waals surface area contributed by atoms with E-state index in [1.54, 1.807) is 20.0 Å². The van der Waals surface area contributed by atoms with Crippen LogP contribution in [0.25, 0.3) is 0 Å². The lowest BCUT2D eigenvalue weighted by molar-refractivity contribution is 0.0513. The third-order valence-electron chi connectivity index (χ3n) is 2.97. The highest BCUT2D eigenvalue weighted by molar-refractivity contribution is 9.10. The smallest absolute Gasteiger partial charge is 0.356 e. The van der Waals surface area contributed by atoms with Gasteiger partial charge < -0.3 is 10.1 Å². The molecule has 0 fully saturated rings. The molecule has 2 aromatic rings. The molecular weight excluding hydrogens is 350 g/mol. The van der Waals surface area contributed by atoms with Crippen LogP contribution in [0.3, 0.4) is 0 Å². The van der Waals surface area contributed by atoms with Gasteiger partial charge in [-0.2, -0.15) is 5.10 Å². The molecule has 116 valence electrons. The fourth-order valence-corrected chi connectivity index (χ4v) is 2.47. The predicted octanol–water partition coefficient (Wildman–Crippen LogP) is 2.92. The topological polar surface area (TPSA) is 73.2 Å². The Morgan fingerprint density at radius 1 is 1.36 bits per heavy atom. The van der Waals surface area contributed by atoms with Gasteiger partial charge in [0.15, 0.2) is 5.69 Å². The van der Waals surface area contributed by atoms with E-state index in [4.69, 9.17) is 4.74 Å². The number of amides is 1. The van der Waals surface area contributed by atoms with E-state index in [0.717, 1.165) is 10.0 Å². The largest absolute Gasteiger partial charge is 0.461 e. The number of nitrogens with zero attached hydrogens (tertiary/aromatic N) is 2. The van der Waals surface area contributed by atoms with Crippen molar-refractivity contribution in [2.75, 3.05) is 11.9 Å². The molecule has 22 heavy (non-hydrogen) atoms. The molecule has 1 aromatic carbocycles. The Morgan fingerprint density at radius 3 is 2.73 bits per heavy atom. The molecule has 0 aliphatic carbocycles. The van der Waals surface area contributed by atoms with E-state index < -0.39 is 11.9 Å². The zero-order valence-electron chi connectivity index (χ0n) is 12.5. The van der Waals surface area contributed by atoms with Gasteiger partial charge in [0.2, 0.25) is 0 Å². The van der Waals surface area contributed by atoms with Crippen LogP contribution in [0.5, 0.6) is 0 Å². The van der Waals surface area contributed by atoms with Gasteiger partial charge in [-0.3, -0.25) is 9.48 Å². The monoisotopic (exact) mass is 365 g/mol. The summed E-state index contributed by atoms with van der Waals surface area (Å²) in [6.45, 7) is 3.94. The normalized spacial score (nSPS) is 10.4. The molecule has 0 radical (unpaired) electrons. The highest BCUT2D eigenvalue weighted by atomic mass is 79.9. The minimum atomic E-state index is -0.506. The highest BCUT2D eigenvalue weighted by Crippen LogP contribution is 2.23. The van der Waals surface area contributed by atoms with E-state index in [-0.39, 0.29) is 18.0 Å². The molecule has 0 saturated carbocycles. The number of aryl methyl sites for hydroxylation is 2. The third-order valence-corrected chi connectivity index (χ3v) is 3.63. The quantitative estimate of drug-likeness (QED) is 0.845. The zero-order valence-corrected chi connectivity index (χ0v) is 14.1. The lowest BCUT2D eigenvalue weighted by atomic mass is 10.2. The second-order valence-corrected chi connectivity index (χ2v) is 5.55. The van der Waals surface area contributed by atoms with Crippen LogP contribution in [0.2, 0.25) is 0 Å². The molecule has 0 saturated heterocycles. The van der Waals surface area contributed by atoms with Gasteiger partial charge in [-0.25, -0.2) is 4.79 Å². The molecule has 0 unspecified atom stereocenters. The minimum absolute atomic E-state index is 0.151. The second-order valence-electron chi connectivity index (χ2n) is 4.70. The molecule has 2 rings (SSSR count). The SMILES string of the molecule is CCOC(=O)c1cc(C(=O)Nc2ccc(C)cc2Br)nn1C. The number of aromatic nitrogens is 2. The number of benzene rings is 1. The summed E-state index contributed by atoms with van der Waals surface area (Å²) >= 11 is 3.40. The summed E-state index contributed by atoms with van der Waals surface area (Å²) in [5, 5.41) is 6.80. The van der Waals surface area contributed by atoms with E-state index in [9.17, 15) is 9.59 Å². The molecule has 6 nitrogen and oxygen atoms in total. The number of carbonyl (C=O) groups excluding carboxylic acids is 2. The molecule has 0 atom stereocenters. The van der Waals surface area contributed by atoms with Crippen LogP contribution in [0, 0.1) is 6.92 Å². The Bertz CT molecular complexity index is 725. The van der Waals surface area contributed by atoms with Gasteiger partial charge in [0.1, 0.15) is 5.69 Å². The average Bonchev–Trinajstić information content (AvgIpc) is 2.84. The highest BCUT2D eigenvalue weighted by Gasteiger charge is 2.19. The Kier molecular flexibility index (Phi) is 4.97. The van der Waals surface area contributed by atoms with Gasteiger partial charge in [0, 0.05) is 17.6 Å². The van der Waals surface area contributed by atoms with Crippen molar-refractivity contribution in [3.05, 3.63) is 45.7 Å². The first-order chi connectivity index (χ1) is 10.4. The van der Waals surface area contributed by atoms with Crippen LogP contribution in [-0.4, -0.2) is 28.3 Å². The summed E-state index contributed by atoms with van der Waals surface area (Å²) in [5.41, 5.74) is 2.10. The van der Waals surface area contributed by atoms with Crippen LogP contribution >= 0.6 is 15.9 Å². The van der Waals surface area contributed by atoms with E-state index in [2.05, 4.69) is 26.3 Å². The van der Waals surface area contributed by atoms with Crippen molar-refractivity contribution in [1.82, 2.24) is 9.78 Å². The van der Waals surface area contributed by atoms with Crippen LogP contribution in [0.15, 0.2) is 28.7 Å². The van der Waals surface area contributed by atoms with Crippen molar-refractivity contribution < 1.29 is 14.3 Å². The number of hydrogen-bond donors (Lipinski definition) is 1. The van der Waals surface area contributed by atoms with Crippen LogP contribution in [0.1, 0.15) is 33.5 Å². The Hall–Kier alpha value is -2.15. The van der Waals surface area contributed by atoms with Gasteiger partial charge in [0.05, 0.1) is 12.3 Å². The molecule has 0 spiro atoms. The summed E-state index contributed by atoms with van der Waals surface area (Å²) in [6, 6.07) is 7.00. The van der Waals surface area contributed by atoms with Gasteiger partial charge in [-0.05, 0) is 47.5 Å². The molecule has 0 bridgehead atoms. The average molecular weight is 366 g/mol. The summed E-state index contributed by atoms with van der Waals surface area (Å²) in [7, 11) is 1.59. The van der Waals surface area contributed by atoms with E-state index in [1.807, 2.05) is 19.1 Å². The standard InChI is InChI=1S/C15H16BrN3O3/c1-4-22-15(21)13-8-12(18-19(13)3)14(20)17-11-6-5-9(2)7-10(11)16/h5-8H,4H2,1-3H3,(H,17,20). The molecule has 1 heterocycles. The van der Waals surface area contributed by atoms with Gasteiger partial charge >= 0.3 is 5.97 Å². The maximum Gasteiger partial charge on any atom is 0.356 e. The maximum absolute atomic E-state index is 12.2. The zero-order chi connectivity index (χ0) is 16.3. The number of rotatable bonds is 4. The molecule has 0 aliphatic heterocycles. The van der Waals surface area contributed by atoms with Gasteiger partial charge in [-0.15, -0.1) is 0 Å². The van der Waals surface area contributed by atoms with Crippen molar-refractivity contribution in [3.63, 3.8) is 0 Å². The van der Waals surface area contributed by atoms with Crippen molar-refractivity contribution in [3.8, 4) is 0 Å². The van der Waals surface area contributed by atoms with Crippen molar-refractivity contribution in [1.29, 1.82) is 0 Å². The molecule has 1 N–H and O–H groups in total. The van der Waals surface area contributed by atoms with Crippen LogP contribution in [-0.2, 0) is 11.8 Å². The number of hydrogen-bond acceptors (Lipinski definition) is 4. The Labute approximate surface area is 136 Å². The molecule has 1 aromatic heterocycles. The summed E-state index contributed by atoms with van der Waals surface area (Å²) in [6.07, 6.45) is 0. The minimum Gasteiger partial charge on any atom is -0.461 e. The number of esters is 1. The number of halogens is 1. The number of nitrogens with one attached hydrogen (secondary N) is 1. The van der Waals surface area contributed by atoms with E-state index >= 15 is 0 Å². The first kappa shape index (κ1) is 16.2. The predicted molar refractivity (Wildman–Crippen MR) is 86.0 cm³/mol. The summed E-state index contributed by atoms with van der Waals surface area (Å²) < 4.78 is 7.02. The molecule has 7 heteroatoms. The van der Waals surface area contributed by atoms with Crippen LogP contribution in [0.4, 0.5) is 5.69 Å². The number of ether oxygens (including phenoxy) is 1. The van der Waals surface area contributed by atoms with Crippen molar-refractivity contribution in [2.24, 2.45) is 7.05 Å².